The number of rotatable bonds is 8. The van der Waals surface area contributed by atoms with Crippen molar-refractivity contribution >= 4 is 21.9 Å². The van der Waals surface area contributed by atoms with Gasteiger partial charge in [0.1, 0.15) is 6.04 Å². The van der Waals surface area contributed by atoms with Gasteiger partial charge in [-0.25, -0.2) is 13.2 Å². The first-order valence-electron chi connectivity index (χ1n) is 9.07. The average Bonchev–Trinajstić information content (AvgIpc) is 2.71. The summed E-state index contributed by atoms with van der Waals surface area (Å²) in [5.41, 5.74) is 1.80. The third kappa shape index (κ3) is 5.65. The van der Waals surface area contributed by atoms with E-state index in [1.54, 1.807) is 12.1 Å². The van der Waals surface area contributed by atoms with Crippen molar-refractivity contribution in [2.24, 2.45) is 0 Å². The van der Waals surface area contributed by atoms with Gasteiger partial charge in [-0.15, -0.1) is 0 Å². The van der Waals surface area contributed by atoms with Crippen LogP contribution in [-0.4, -0.2) is 63.3 Å². The van der Waals surface area contributed by atoms with Crippen LogP contribution >= 0.6 is 0 Å². The van der Waals surface area contributed by atoms with Gasteiger partial charge in [-0.2, -0.15) is 4.31 Å². The van der Waals surface area contributed by atoms with Gasteiger partial charge < -0.3 is 9.64 Å². The monoisotopic (exact) mass is 418 g/mol. The molecule has 0 spiro atoms. The van der Waals surface area contributed by atoms with Crippen LogP contribution in [0.15, 0.2) is 59.5 Å². The maximum atomic E-state index is 12.7. The summed E-state index contributed by atoms with van der Waals surface area (Å²) in [6, 6.07) is 14.8. The second-order valence-corrected chi connectivity index (χ2v) is 8.85. The molecule has 2 aromatic rings. The maximum absolute atomic E-state index is 12.7. The highest BCUT2D eigenvalue weighted by Gasteiger charge is 2.31. The number of amides is 1. The normalized spacial score (nSPS) is 12.4. The van der Waals surface area contributed by atoms with Gasteiger partial charge in [0.05, 0.1) is 18.6 Å². The molecule has 2 rings (SSSR count). The van der Waals surface area contributed by atoms with E-state index in [1.165, 1.54) is 38.2 Å². The van der Waals surface area contributed by atoms with E-state index in [0.29, 0.717) is 0 Å². The summed E-state index contributed by atoms with van der Waals surface area (Å²) in [6.07, 6.45) is 0.268. The van der Waals surface area contributed by atoms with Crippen LogP contribution in [-0.2, 0) is 30.8 Å². The van der Waals surface area contributed by atoms with Gasteiger partial charge in [-0.1, -0.05) is 48.0 Å². The quantitative estimate of drug-likeness (QED) is 0.611. The molecule has 0 saturated heterocycles. The van der Waals surface area contributed by atoms with Crippen LogP contribution in [0.1, 0.15) is 11.1 Å². The number of methoxy groups -OCH3 is 1. The molecule has 8 heteroatoms. The number of carbonyl (C=O) groups is 2. The average molecular weight is 419 g/mol. The highest BCUT2D eigenvalue weighted by Crippen LogP contribution is 2.16. The van der Waals surface area contributed by atoms with Gasteiger partial charge in [-0.05, 0) is 24.6 Å². The van der Waals surface area contributed by atoms with E-state index in [-0.39, 0.29) is 11.3 Å². The molecule has 0 aliphatic rings. The van der Waals surface area contributed by atoms with E-state index in [0.717, 1.165) is 15.4 Å². The number of aryl methyl sites for hydroxylation is 1. The summed E-state index contributed by atoms with van der Waals surface area (Å²) in [5, 5.41) is 0. The number of sulfonamides is 1. The Bertz CT molecular complexity index is 943. The Kier molecular flexibility index (Phi) is 7.53. The largest absolute Gasteiger partial charge is 0.467 e. The highest BCUT2D eigenvalue weighted by molar-refractivity contribution is 7.89. The number of esters is 1. The fraction of sp³-hybridized carbons (Fsp3) is 0.333. The van der Waals surface area contributed by atoms with E-state index >= 15 is 0 Å². The van der Waals surface area contributed by atoms with Crippen LogP contribution in [0.4, 0.5) is 0 Å². The summed E-state index contributed by atoms with van der Waals surface area (Å²) in [6.45, 7) is 1.47. The Balaban J connectivity index is 2.15. The van der Waals surface area contributed by atoms with Crippen molar-refractivity contribution in [3.05, 3.63) is 65.7 Å². The Morgan fingerprint density at radius 1 is 1.00 bits per heavy atom. The maximum Gasteiger partial charge on any atom is 0.328 e. The number of likely N-dealkylation sites (N-methyl/N-ethyl adjacent to an activating group) is 2. The molecule has 0 saturated carbocycles. The summed E-state index contributed by atoms with van der Waals surface area (Å²) < 4.78 is 31.3. The standard InChI is InChI=1S/C21H26N2O5S/c1-16-10-12-18(13-11-16)29(26,27)22(2)15-20(24)23(3)19(21(25)28-4)14-17-8-6-5-7-9-17/h5-13,19H,14-15H2,1-4H3. The van der Waals surface area contributed by atoms with Crippen molar-refractivity contribution in [1.82, 2.24) is 9.21 Å². The van der Waals surface area contributed by atoms with Gasteiger partial charge in [0.15, 0.2) is 0 Å². The van der Waals surface area contributed by atoms with Crippen LogP contribution in [0.25, 0.3) is 0 Å². The van der Waals surface area contributed by atoms with E-state index in [9.17, 15) is 18.0 Å². The summed E-state index contributed by atoms with van der Waals surface area (Å²) in [5.74, 6) is -1.07. The molecule has 0 bridgehead atoms. The smallest absolute Gasteiger partial charge is 0.328 e. The predicted octanol–water partition coefficient (Wildman–Crippen LogP) is 1.86. The van der Waals surface area contributed by atoms with Gasteiger partial charge in [-0.3, -0.25) is 4.79 Å². The van der Waals surface area contributed by atoms with Gasteiger partial charge >= 0.3 is 5.97 Å². The number of ether oxygens (including phenoxy) is 1. The van der Waals surface area contributed by atoms with Crippen molar-refractivity contribution in [3.8, 4) is 0 Å². The Morgan fingerprint density at radius 2 is 1.59 bits per heavy atom. The zero-order valence-corrected chi connectivity index (χ0v) is 17.8. The number of nitrogens with zero attached hydrogens (tertiary/aromatic N) is 2. The predicted molar refractivity (Wildman–Crippen MR) is 110 cm³/mol. The summed E-state index contributed by atoms with van der Waals surface area (Å²) >= 11 is 0. The van der Waals surface area contributed by atoms with Crippen LogP contribution in [0.5, 0.6) is 0 Å². The lowest BCUT2D eigenvalue weighted by molar-refractivity contribution is -0.151. The molecule has 0 aromatic heterocycles. The van der Waals surface area contributed by atoms with Crippen molar-refractivity contribution in [2.75, 3.05) is 27.7 Å². The molecule has 156 valence electrons. The van der Waals surface area contributed by atoms with Gasteiger partial charge in [0.2, 0.25) is 15.9 Å². The molecule has 0 radical (unpaired) electrons. The molecule has 29 heavy (non-hydrogen) atoms. The summed E-state index contributed by atoms with van der Waals surface area (Å²) in [4.78, 5) is 26.3. The second kappa shape index (κ2) is 9.67. The molecule has 0 aliphatic carbocycles. The first-order chi connectivity index (χ1) is 13.7. The van der Waals surface area contributed by atoms with Crippen LogP contribution in [0.2, 0.25) is 0 Å². The van der Waals surface area contributed by atoms with E-state index in [4.69, 9.17) is 4.74 Å². The van der Waals surface area contributed by atoms with Crippen LogP contribution < -0.4 is 0 Å². The lowest BCUT2D eigenvalue weighted by atomic mass is 10.0. The number of hydrogen-bond acceptors (Lipinski definition) is 5. The number of carbonyl (C=O) groups excluding carboxylic acids is 2. The molecular weight excluding hydrogens is 392 g/mol. The molecule has 1 amide bonds. The molecule has 2 aromatic carbocycles. The molecule has 0 aliphatic heterocycles. The minimum Gasteiger partial charge on any atom is -0.467 e. The van der Waals surface area contributed by atoms with Crippen molar-refractivity contribution < 1.29 is 22.7 Å². The lowest BCUT2D eigenvalue weighted by Crippen LogP contribution is -2.48. The highest BCUT2D eigenvalue weighted by atomic mass is 32.2. The molecule has 0 N–H and O–H groups in total. The minimum atomic E-state index is -3.83. The molecule has 0 heterocycles. The van der Waals surface area contributed by atoms with Crippen LogP contribution in [0, 0.1) is 6.92 Å². The van der Waals surface area contributed by atoms with E-state index < -0.39 is 34.5 Å². The third-order valence-electron chi connectivity index (χ3n) is 4.69. The van der Waals surface area contributed by atoms with Gasteiger partial charge in [0, 0.05) is 20.5 Å². The van der Waals surface area contributed by atoms with Crippen molar-refractivity contribution in [2.45, 2.75) is 24.3 Å². The fourth-order valence-corrected chi connectivity index (χ4v) is 3.92. The molecular formula is C21H26N2O5S. The van der Waals surface area contributed by atoms with Crippen LogP contribution in [0.3, 0.4) is 0 Å². The number of hydrogen-bond donors (Lipinski definition) is 0. The Labute approximate surface area is 171 Å². The fourth-order valence-electron chi connectivity index (χ4n) is 2.80. The summed E-state index contributed by atoms with van der Waals surface area (Å²) in [7, 11) is 0.241. The first kappa shape index (κ1) is 22.6. The number of benzene rings is 2. The minimum absolute atomic E-state index is 0.106. The van der Waals surface area contributed by atoms with Gasteiger partial charge in [0.25, 0.3) is 0 Å². The Morgan fingerprint density at radius 3 is 2.14 bits per heavy atom. The van der Waals surface area contributed by atoms with E-state index in [2.05, 4.69) is 0 Å². The SMILES string of the molecule is COC(=O)C(Cc1ccccc1)N(C)C(=O)CN(C)S(=O)(=O)c1ccc(C)cc1. The molecule has 1 unspecified atom stereocenters. The molecule has 7 nitrogen and oxygen atoms in total. The zero-order chi connectivity index (χ0) is 21.6. The third-order valence-corrected chi connectivity index (χ3v) is 6.51. The second-order valence-electron chi connectivity index (χ2n) is 6.81. The Hall–Kier alpha value is -2.71. The molecule has 1 atom stereocenters. The van der Waals surface area contributed by atoms with E-state index in [1.807, 2.05) is 37.3 Å². The lowest BCUT2D eigenvalue weighted by Gasteiger charge is -2.28. The zero-order valence-electron chi connectivity index (χ0n) is 17.0. The van der Waals surface area contributed by atoms with Crippen molar-refractivity contribution in [3.63, 3.8) is 0 Å². The molecule has 0 fully saturated rings. The topological polar surface area (TPSA) is 84.0 Å². The van der Waals surface area contributed by atoms with Crippen molar-refractivity contribution in [1.29, 1.82) is 0 Å². The first-order valence-corrected chi connectivity index (χ1v) is 10.5.